The fourth-order valence-electron chi connectivity index (χ4n) is 1.67. The number of benzene rings is 1. The predicted molar refractivity (Wildman–Crippen MR) is 68.7 cm³/mol. The first-order valence-corrected chi connectivity index (χ1v) is 5.83. The molecule has 0 fully saturated rings. The summed E-state index contributed by atoms with van der Waals surface area (Å²) in [5.41, 5.74) is -4.34. The van der Waals surface area contributed by atoms with Crippen molar-refractivity contribution in [2.75, 3.05) is 18.5 Å². The molecule has 1 aromatic carbocycles. The zero-order valence-electron chi connectivity index (χ0n) is 10.8. The van der Waals surface area contributed by atoms with Gasteiger partial charge in [-0.3, -0.25) is 20.2 Å². The third kappa shape index (κ3) is 3.15. The molecule has 0 amide bonds. The largest absolute Gasteiger partial charge is 0.418 e. The normalized spacial score (nSPS) is 11.3. The lowest BCUT2D eigenvalue weighted by molar-refractivity contribution is -0.392. The molecule has 0 bridgehead atoms. The Balaban J connectivity index is 3.91. The summed E-state index contributed by atoms with van der Waals surface area (Å²) in [6.45, 7) is 1.63. The molecule has 0 aromatic heterocycles. The summed E-state index contributed by atoms with van der Waals surface area (Å²) in [6.07, 6.45) is -5.05. The average molecular weight is 328 g/mol. The van der Waals surface area contributed by atoms with Crippen molar-refractivity contribution in [1.82, 2.24) is 0 Å². The van der Waals surface area contributed by atoms with Gasteiger partial charge in [-0.15, -0.1) is 0 Å². The van der Waals surface area contributed by atoms with Crippen LogP contribution < -0.4 is 4.90 Å². The number of alkyl halides is 3. The van der Waals surface area contributed by atoms with Crippen molar-refractivity contribution in [1.29, 1.82) is 0 Å². The monoisotopic (exact) mass is 327 g/mol. The number of nitrogens with zero attached hydrogens (tertiary/aromatic N) is 3. The summed E-state index contributed by atoms with van der Waals surface area (Å²) in [5.74, 6) is 0. The summed E-state index contributed by atoms with van der Waals surface area (Å²) in [4.78, 5) is 20.8. The Morgan fingerprint density at radius 1 is 1.29 bits per heavy atom. The molecule has 1 rings (SSSR count). The van der Waals surface area contributed by atoms with Crippen LogP contribution in [0.3, 0.4) is 0 Å². The summed E-state index contributed by atoms with van der Waals surface area (Å²) in [6, 6.07) is 0.205. The zero-order chi connectivity index (χ0) is 16.5. The second kappa shape index (κ2) is 5.72. The van der Waals surface area contributed by atoms with Gasteiger partial charge in [-0.25, -0.2) is 0 Å². The van der Waals surface area contributed by atoms with Crippen LogP contribution in [0.5, 0.6) is 0 Å². The molecule has 0 saturated carbocycles. The molecule has 0 saturated heterocycles. The summed E-state index contributed by atoms with van der Waals surface area (Å²) in [5, 5.41) is 20.8. The van der Waals surface area contributed by atoms with E-state index in [9.17, 15) is 33.4 Å². The fourth-order valence-corrected chi connectivity index (χ4v) is 1.99. The Hall–Kier alpha value is -2.10. The van der Waals surface area contributed by atoms with Crippen molar-refractivity contribution in [2.45, 2.75) is 13.1 Å². The van der Waals surface area contributed by atoms with Crippen molar-refractivity contribution in [3.05, 3.63) is 36.9 Å². The van der Waals surface area contributed by atoms with Gasteiger partial charge in [-0.05, 0) is 6.92 Å². The SMILES string of the molecule is CCN(C)c1c([N+](=O)[O-])cc(C(F)(F)F)c(Cl)c1[N+](=O)[O-]. The van der Waals surface area contributed by atoms with Gasteiger partial charge in [0.2, 0.25) is 0 Å². The van der Waals surface area contributed by atoms with E-state index in [0.717, 1.165) is 4.90 Å². The Kier molecular flexibility index (Phi) is 4.62. The number of rotatable bonds is 4. The number of hydrogen-bond acceptors (Lipinski definition) is 5. The fraction of sp³-hybridized carbons (Fsp3) is 0.400. The van der Waals surface area contributed by atoms with Gasteiger partial charge < -0.3 is 4.90 Å². The van der Waals surface area contributed by atoms with Crippen LogP contribution in [0.1, 0.15) is 12.5 Å². The van der Waals surface area contributed by atoms with E-state index in [-0.39, 0.29) is 12.6 Å². The van der Waals surface area contributed by atoms with E-state index < -0.39 is 43.7 Å². The number of halogens is 4. The van der Waals surface area contributed by atoms with Crippen LogP contribution in [0, 0.1) is 20.2 Å². The molecular weight excluding hydrogens is 319 g/mol. The Morgan fingerprint density at radius 3 is 2.14 bits per heavy atom. The van der Waals surface area contributed by atoms with Gasteiger partial charge in [0, 0.05) is 19.7 Å². The van der Waals surface area contributed by atoms with Gasteiger partial charge in [-0.1, -0.05) is 11.6 Å². The molecule has 0 aliphatic heterocycles. The molecule has 0 N–H and O–H groups in total. The molecule has 1 aromatic rings. The summed E-state index contributed by atoms with van der Waals surface area (Å²) >= 11 is 5.46. The smallest absolute Gasteiger partial charge is 0.364 e. The van der Waals surface area contributed by atoms with Gasteiger partial charge in [0.1, 0.15) is 5.02 Å². The van der Waals surface area contributed by atoms with E-state index in [1.807, 2.05) is 0 Å². The molecule has 0 radical (unpaired) electrons. The van der Waals surface area contributed by atoms with Crippen LogP contribution >= 0.6 is 11.6 Å². The molecule has 0 unspecified atom stereocenters. The minimum Gasteiger partial charge on any atom is -0.364 e. The lowest BCUT2D eigenvalue weighted by atomic mass is 10.1. The van der Waals surface area contributed by atoms with Crippen molar-refractivity contribution >= 4 is 28.7 Å². The first kappa shape index (κ1) is 17.0. The van der Waals surface area contributed by atoms with Crippen molar-refractivity contribution in [2.24, 2.45) is 0 Å². The first-order valence-electron chi connectivity index (χ1n) is 5.45. The maximum absolute atomic E-state index is 12.8. The molecule has 11 heteroatoms. The highest BCUT2D eigenvalue weighted by atomic mass is 35.5. The van der Waals surface area contributed by atoms with Crippen molar-refractivity contribution < 1.29 is 23.0 Å². The van der Waals surface area contributed by atoms with Crippen LogP contribution in [0.2, 0.25) is 5.02 Å². The van der Waals surface area contributed by atoms with Gasteiger partial charge in [0.25, 0.3) is 5.69 Å². The average Bonchev–Trinajstić information content (AvgIpc) is 2.34. The molecule has 0 atom stereocenters. The van der Waals surface area contributed by atoms with Gasteiger partial charge in [0.15, 0.2) is 5.69 Å². The molecule has 116 valence electrons. The second-order valence-electron chi connectivity index (χ2n) is 3.98. The van der Waals surface area contributed by atoms with E-state index in [1.54, 1.807) is 0 Å². The van der Waals surface area contributed by atoms with Crippen molar-refractivity contribution in [3.8, 4) is 0 Å². The maximum Gasteiger partial charge on any atom is 0.418 e. The number of hydrogen-bond donors (Lipinski definition) is 0. The van der Waals surface area contributed by atoms with Crippen LogP contribution in [0.25, 0.3) is 0 Å². The molecule has 0 spiro atoms. The Morgan fingerprint density at radius 2 is 1.81 bits per heavy atom. The zero-order valence-corrected chi connectivity index (χ0v) is 11.5. The highest BCUT2D eigenvalue weighted by molar-refractivity contribution is 6.34. The molecule has 21 heavy (non-hydrogen) atoms. The molecule has 0 heterocycles. The standard InChI is InChI=1S/C10H9ClF3N3O4/c1-3-15(2)8-6(16(18)19)4-5(10(12,13)14)7(11)9(8)17(20)21/h4H,3H2,1-2H3. The third-order valence-electron chi connectivity index (χ3n) is 2.73. The minimum atomic E-state index is -5.05. The summed E-state index contributed by atoms with van der Waals surface area (Å²) < 4.78 is 38.4. The van der Waals surface area contributed by atoms with E-state index in [2.05, 4.69) is 0 Å². The van der Waals surface area contributed by atoms with Gasteiger partial charge >= 0.3 is 11.9 Å². The van der Waals surface area contributed by atoms with E-state index in [1.165, 1.54) is 14.0 Å². The van der Waals surface area contributed by atoms with E-state index >= 15 is 0 Å². The van der Waals surface area contributed by atoms with Crippen LogP contribution in [-0.2, 0) is 6.18 Å². The van der Waals surface area contributed by atoms with Crippen LogP contribution in [0.4, 0.5) is 30.2 Å². The Bertz CT molecular complexity index is 606. The second-order valence-corrected chi connectivity index (χ2v) is 4.36. The van der Waals surface area contributed by atoms with E-state index in [4.69, 9.17) is 11.6 Å². The topological polar surface area (TPSA) is 89.5 Å². The summed E-state index contributed by atoms with van der Waals surface area (Å²) in [7, 11) is 1.28. The maximum atomic E-state index is 12.8. The molecule has 0 aliphatic rings. The number of nitro groups is 2. The predicted octanol–water partition coefficient (Wildman–Crippen LogP) is 3.63. The third-order valence-corrected chi connectivity index (χ3v) is 3.12. The molecule has 7 nitrogen and oxygen atoms in total. The quantitative estimate of drug-likeness (QED) is 0.622. The van der Waals surface area contributed by atoms with E-state index in [0.29, 0.717) is 0 Å². The van der Waals surface area contributed by atoms with Crippen molar-refractivity contribution in [3.63, 3.8) is 0 Å². The number of anilines is 1. The highest BCUT2D eigenvalue weighted by Crippen LogP contribution is 2.48. The highest BCUT2D eigenvalue weighted by Gasteiger charge is 2.42. The minimum absolute atomic E-state index is 0.101. The molecule has 0 aliphatic carbocycles. The first-order chi connectivity index (χ1) is 9.52. The van der Waals surface area contributed by atoms with Crippen LogP contribution in [0.15, 0.2) is 6.07 Å². The van der Waals surface area contributed by atoms with Crippen LogP contribution in [-0.4, -0.2) is 23.4 Å². The van der Waals surface area contributed by atoms with Gasteiger partial charge in [0.05, 0.1) is 15.4 Å². The lowest BCUT2D eigenvalue weighted by Crippen LogP contribution is -2.20. The lowest BCUT2D eigenvalue weighted by Gasteiger charge is -2.19. The molecular formula is C10H9ClF3N3O4. The Labute approximate surface area is 121 Å². The number of nitro benzene ring substituents is 2. The van der Waals surface area contributed by atoms with Gasteiger partial charge in [-0.2, -0.15) is 13.2 Å².